The van der Waals surface area contributed by atoms with Crippen molar-refractivity contribution in [2.24, 2.45) is 5.41 Å². The lowest BCUT2D eigenvalue weighted by Gasteiger charge is -2.16. The van der Waals surface area contributed by atoms with Gasteiger partial charge in [-0.15, -0.1) is 0 Å². The van der Waals surface area contributed by atoms with E-state index in [1.54, 1.807) is 12.4 Å². The summed E-state index contributed by atoms with van der Waals surface area (Å²) in [5.41, 5.74) is 5.02. The van der Waals surface area contributed by atoms with Crippen LogP contribution in [-0.4, -0.2) is 34.6 Å². The van der Waals surface area contributed by atoms with E-state index in [4.69, 9.17) is 4.98 Å². The Labute approximate surface area is 173 Å². The van der Waals surface area contributed by atoms with Gasteiger partial charge in [0.2, 0.25) is 0 Å². The van der Waals surface area contributed by atoms with Crippen LogP contribution in [0.4, 0.5) is 5.82 Å². The first-order valence-corrected chi connectivity index (χ1v) is 10.2. The molecule has 29 heavy (non-hydrogen) atoms. The first kappa shape index (κ1) is 20.9. The number of aromatic nitrogens is 3. The van der Waals surface area contributed by atoms with E-state index in [2.05, 4.69) is 72.3 Å². The summed E-state index contributed by atoms with van der Waals surface area (Å²) in [4.78, 5) is 13.8. The molecule has 1 aliphatic heterocycles. The zero-order valence-corrected chi connectivity index (χ0v) is 17.7. The predicted molar refractivity (Wildman–Crippen MR) is 123 cm³/mol. The van der Waals surface area contributed by atoms with Crippen molar-refractivity contribution in [2.45, 2.75) is 33.6 Å². The van der Waals surface area contributed by atoms with Crippen LogP contribution in [0.15, 0.2) is 61.0 Å². The van der Waals surface area contributed by atoms with E-state index in [-0.39, 0.29) is 5.41 Å². The summed E-state index contributed by atoms with van der Waals surface area (Å²) in [7, 11) is 0. The topological polar surface area (TPSA) is 62.7 Å². The van der Waals surface area contributed by atoms with E-state index >= 15 is 0 Å². The SMILES string of the molecule is C=C/C(=C\C=C\CC(C)(C)C)c1cc2nccnc2c(NCC2=CCCNC2)n1. The van der Waals surface area contributed by atoms with Crippen molar-refractivity contribution in [3.8, 4) is 0 Å². The predicted octanol–water partition coefficient (Wildman–Crippen LogP) is 4.92. The van der Waals surface area contributed by atoms with Crippen LogP contribution in [0.25, 0.3) is 16.6 Å². The van der Waals surface area contributed by atoms with Crippen molar-refractivity contribution in [1.29, 1.82) is 0 Å². The Morgan fingerprint density at radius 2 is 2.10 bits per heavy atom. The maximum absolute atomic E-state index is 4.85. The molecular formula is C24H31N5. The van der Waals surface area contributed by atoms with Crippen LogP contribution in [0.2, 0.25) is 0 Å². The van der Waals surface area contributed by atoms with Gasteiger partial charge in [0.1, 0.15) is 5.52 Å². The number of nitrogens with zero attached hydrogens (tertiary/aromatic N) is 3. The average molecular weight is 390 g/mol. The Balaban J connectivity index is 1.88. The third-order valence-corrected chi connectivity index (χ3v) is 4.70. The summed E-state index contributed by atoms with van der Waals surface area (Å²) in [6.07, 6.45) is 15.9. The highest BCUT2D eigenvalue weighted by molar-refractivity contribution is 5.89. The second-order valence-corrected chi connectivity index (χ2v) is 8.48. The fraction of sp³-hybridized carbons (Fsp3) is 0.375. The zero-order valence-electron chi connectivity index (χ0n) is 17.7. The Hall–Kier alpha value is -2.79. The number of hydrogen-bond donors (Lipinski definition) is 2. The molecule has 2 aromatic heterocycles. The molecule has 3 rings (SSSR count). The van der Waals surface area contributed by atoms with E-state index in [0.717, 1.165) is 60.6 Å². The highest BCUT2D eigenvalue weighted by Gasteiger charge is 2.11. The molecule has 1 aliphatic rings. The summed E-state index contributed by atoms with van der Waals surface area (Å²) in [5.74, 6) is 0.753. The number of rotatable bonds is 7. The Bertz CT molecular complexity index is 947. The molecule has 0 unspecified atom stereocenters. The smallest absolute Gasteiger partial charge is 0.155 e. The van der Waals surface area contributed by atoms with Crippen LogP contribution in [0.1, 0.15) is 39.3 Å². The van der Waals surface area contributed by atoms with E-state index in [9.17, 15) is 0 Å². The second-order valence-electron chi connectivity index (χ2n) is 8.48. The first-order chi connectivity index (χ1) is 14.0. The van der Waals surface area contributed by atoms with Crippen molar-refractivity contribution in [2.75, 3.05) is 25.0 Å². The molecule has 152 valence electrons. The molecule has 0 saturated heterocycles. The highest BCUT2D eigenvalue weighted by Crippen LogP contribution is 2.24. The van der Waals surface area contributed by atoms with Gasteiger partial charge in [-0.05, 0) is 42.0 Å². The van der Waals surface area contributed by atoms with Gasteiger partial charge in [0.25, 0.3) is 0 Å². The van der Waals surface area contributed by atoms with Crippen LogP contribution < -0.4 is 10.6 Å². The molecule has 0 saturated carbocycles. The monoisotopic (exact) mass is 389 g/mol. The normalized spacial score (nSPS) is 15.6. The molecule has 5 heteroatoms. The van der Waals surface area contributed by atoms with Gasteiger partial charge in [-0.3, -0.25) is 4.98 Å². The molecule has 0 amide bonds. The van der Waals surface area contributed by atoms with Crippen LogP contribution in [0.5, 0.6) is 0 Å². The lowest BCUT2D eigenvalue weighted by molar-refractivity contribution is 0.420. The molecule has 0 aliphatic carbocycles. The summed E-state index contributed by atoms with van der Waals surface area (Å²) in [5, 5.41) is 6.86. The maximum Gasteiger partial charge on any atom is 0.155 e. The molecule has 2 N–H and O–H groups in total. The number of anilines is 1. The molecule has 2 aromatic rings. The van der Waals surface area contributed by atoms with Gasteiger partial charge in [0.15, 0.2) is 5.82 Å². The molecule has 0 bridgehead atoms. The minimum absolute atomic E-state index is 0.273. The summed E-state index contributed by atoms with van der Waals surface area (Å²) >= 11 is 0. The lowest BCUT2D eigenvalue weighted by Crippen LogP contribution is -2.25. The van der Waals surface area contributed by atoms with E-state index in [0.29, 0.717) is 0 Å². The van der Waals surface area contributed by atoms with Gasteiger partial charge in [-0.2, -0.15) is 0 Å². The zero-order chi connectivity index (χ0) is 20.7. The number of nitrogens with one attached hydrogen (secondary N) is 2. The molecule has 3 heterocycles. The van der Waals surface area contributed by atoms with E-state index in [1.807, 2.05) is 12.1 Å². The van der Waals surface area contributed by atoms with Gasteiger partial charge in [-0.1, -0.05) is 57.7 Å². The molecular weight excluding hydrogens is 358 g/mol. The maximum atomic E-state index is 4.85. The standard InChI is InChI=1S/C24H31N5/c1-5-19(10-6-7-11-24(2,3)4)20-15-21-22(27-14-13-26-21)23(29-20)28-17-18-9-8-12-25-16-18/h5-7,9-10,13-15,25H,1,8,11-12,16-17H2,2-4H3,(H,28,29)/b7-6+,19-10+. The third-order valence-electron chi connectivity index (χ3n) is 4.70. The average Bonchev–Trinajstić information content (AvgIpc) is 2.72. The molecule has 0 spiro atoms. The van der Waals surface area contributed by atoms with Gasteiger partial charge in [-0.25, -0.2) is 9.97 Å². The minimum Gasteiger partial charge on any atom is -0.364 e. The minimum atomic E-state index is 0.273. The van der Waals surface area contributed by atoms with Crippen molar-refractivity contribution in [1.82, 2.24) is 20.3 Å². The fourth-order valence-electron chi connectivity index (χ4n) is 3.13. The highest BCUT2D eigenvalue weighted by atomic mass is 15.0. The van der Waals surface area contributed by atoms with E-state index in [1.165, 1.54) is 5.57 Å². The Morgan fingerprint density at radius 1 is 1.28 bits per heavy atom. The summed E-state index contributed by atoms with van der Waals surface area (Å²) < 4.78 is 0. The largest absolute Gasteiger partial charge is 0.364 e. The van der Waals surface area contributed by atoms with Crippen LogP contribution in [0, 0.1) is 5.41 Å². The van der Waals surface area contributed by atoms with E-state index < -0.39 is 0 Å². The van der Waals surface area contributed by atoms with Crippen LogP contribution >= 0.6 is 0 Å². The fourth-order valence-corrected chi connectivity index (χ4v) is 3.13. The molecule has 0 atom stereocenters. The molecule has 0 radical (unpaired) electrons. The molecule has 0 aromatic carbocycles. The number of fused-ring (bicyclic) bond motifs is 1. The van der Waals surface area contributed by atoms with Gasteiger partial charge < -0.3 is 10.6 Å². The van der Waals surface area contributed by atoms with Crippen molar-refractivity contribution in [3.05, 3.63) is 66.7 Å². The summed E-state index contributed by atoms with van der Waals surface area (Å²) in [6, 6.07) is 1.97. The molecule has 5 nitrogen and oxygen atoms in total. The van der Waals surface area contributed by atoms with Gasteiger partial charge >= 0.3 is 0 Å². The Morgan fingerprint density at radius 3 is 2.83 bits per heavy atom. The third kappa shape index (κ3) is 6.09. The van der Waals surface area contributed by atoms with Gasteiger partial charge in [0.05, 0.1) is 11.2 Å². The number of hydrogen-bond acceptors (Lipinski definition) is 5. The van der Waals surface area contributed by atoms with Crippen molar-refractivity contribution < 1.29 is 0 Å². The summed E-state index contributed by atoms with van der Waals surface area (Å²) in [6.45, 7) is 13.4. The van der Waals surface area contributed by atoms with Crippen molar-refractivity contribution >= 4 is 22.4 Å². The lowest BCUT2D eigenvalue weighted by atomic mass is 9.92. The quantitative estimate of drug-likeness (QED) is 0.520. The number of pyridine rings is 1. The molecule has 0 fully saturated rings. The second kappa shape index (κ2) is 9.61. The van der Waals surface area contributed by atoms with Crippen LogP contribution in [0.3, 0.4) is 0 Å². The number of allylic oxidation sites excluding steroid dienone is 5. The van der Waals surface area contributed by atoms with Crippen molar-refractivity contribution in [3.63, 3.8) is 0 Å². The van der Waals surface area contributed by atoms with Crippen LogP contribution in [-0.2, 0) is 0 Å². The van der Waals surface area contributed by atoms with Gasteiger partial charge in [0, 0.05) is 25.5 Å². The first-order valence-electron chi connectivity index (χ1n) is 10.2. The Kier molecular flexibility index (Phi) is 6.94.